The fourth-order valence-electron chi connectivity index (χ4n) is 4.78. The summed E-state index contributed by atoms with van der Waals surface area (Å²) in [7, 11) is -4.20. The van der Waals surface area contributed by atoms with Crippen LogP contribution in [0, 0.1) is 6.92 Å². The highest BCUT2D eigenvalue weighted by Gasteiger charge is 2.35. The molecule has 0 aliphatic rings. The molecule has 0 radical (unpaired) electrons. The Balaban J connectivity index is 1.82. The topological polar surface area (TPSA) is 86.8 Å². The van der Waals surface area contributed by atoms with Gasteiger partial charge in [0, 0.05) is 28.0 Å². The highest BCUT2D eigenvalue weighted by Crippen LogP contribution is 2.29. The molecule has 0 aliphatic heterocycles. The van der Waals surface area contributed by atoms with E-state index in [4.69, 9.17) is 11.6 Å². The van der Waals surface area contributed by atoms with E-state index < -0.39 is 34.1 Å². The second-order valence-corrected chi connectivity index (χ2v) is 15.0. The van der Waals surface area contributed by atoms with Crippen LogP contribution in [0.3, 0.4) is 0 Å². The maximum absolute atomic E-state index is 14.5. The van der Waals surface area contributed by atoms with Crippen molar-refractivity contribution in [3.8, 4) is 0 Å². The summed E-state index contributed by atoms with van der Waals surface area (Å²) >= 11 is 9.90. The van der Waals surface area contributed by atoms with E-state index in [0.29, 0.717) is 5.02 Å². The number of aryl methyl sites for hydroxylation is 1. The third-order valence-corrected chi connectivity index (χ3v) is 9.81. The quantitative estimate of drug-likeness (QED) is 0.179. The maximum Gasteiger partial charge on any atom is 0.264 e. The summed E-state index contributed by atoms with van der Waals surface area (Å²) < 4.78 is 30.1. The van der Waals surface area contributed by atoms with Gasteiger partial charge in [-0.3, -0.25) is 13.9 Å². The van der Waals surface area contributed by atoms with Crippen LogP contribution >= 0.6 is 27.5 Å². The van der Waals surface area contributed by atoms with Gasteiger partial charge < -0.3 is 10.2 Å². The zero-order valence-corrected chi connectivity index (χ0v) is 28.9. The Hall–Kier alpha value is -3.66. The first-order valence-corrected chi connectivity index (χ1v) is 17.1. The number of nitrogens with zero attached hydrogens (tertiary/aromatic N) is 2. The second kappa shape index (κ2) is 14.6. The summed E-state index contributed by atoms with van der Waals surface area (Å²) in [6, 6.07) is 28.8. The number of amides is 2. The molecule has 236 valence electrons. The molecule has 1 atom stereocenters. The number of hydrogen-bond acceptors (Lipinski definition) is 4. The van der Waals surface area contributed by atoms with E-state index in [-0.39, 0.29) is 29.5 Å². The van der Waals surface area contributed by atoms with Gasteiger partial charge in [-0.05, 0) is 80.8 Å². The Morgan fingerprint density at radius 3 is 2.04 bits per heavy atom. The summed E-state index contributed by atoms with van der Waals surface area (Å²) in [6.45, 7) is 6.97. The molecule has 7 nitrogen and oxygen atoms in total. The fraction of sp³-hybridized carbons (Fsp3) is 0.257. The molecule has 0 aromatic heterocycles. The molecule has 0 spiro atoms. The second-order valence-electron chi connectivity index (χ2n) is 11.9. The number of carbonyl (C=O) groups is 2. The van der Waals surface area contributed by atoms with Crippen molar-refractivity contribution in [1.29, 1.82) is 0 Å². The first-order chi connectivity index (χ1) is 21.2. The zero-order valence-electron chi connectivity index (χ0n) is 25.7. The lowest BCUT2D eigenvalue weighted by atomic mass is 10.0. The number of halogens is 2. The van der Waals surface area contributed by atoms with Gasteiger partial charge in [0.1, 0.15) is 12.6 Å². The highest BCUT2D eigenvalue weighted by molar-refractivity contribution is 9.10. The van der Waals surface area contributed by atoms with Gasteiger partial charge in [-0.15, -0.1) is 0 Å². The van der Waals surface area contributed by atoms with Gasteiger partial charge in [0.25, 0.3) is 10.0 Å². The number of anilines is 1. The smallest absolute Gasteiger partial charge is 0.264 e. The normalized spacial score (nSPS) is 12.3. The van der Waals surface area contributed by atoms with Gasteiger partial charge in [-0.2, -0.15) is 0 Å². The van der Waals surface area contributed by atoms with Crippen LogP contribution < -0.4 is 9.62 Å². The van der Waals surface area contributed by atoms with Crippen LogP contribution in [0.1, 0.15) is 37.5 Å². The molecule has 4 aromatic carbocycles. The van der Waals surface area contributed by atoms with E-state index in [0.717, 1.165) is 25.5 Å². The minimum Gasteiger partial charge on any atom is -0.350 e. The summed E-state index contributed by atoms with van der Waals surface area (Å²) in [5, 5.41) is 3.40. The highest BCUT2D eigenvalue weighted by atomic mass is 79.9. The first-order valence-electron chi connectivity index (χ1n) is 14.5. The molecule has 4 rings (SSSR count). The SMILES string of the molecule is Cc1ccc(N(CC(=O)N(Cc2ccc(Br)cc2)C(Cc2ccccc2)C(=O)NC(C)(C)C)S(=O)(=O)c2ccccc2)cc1Cl. The van der Waals surface area contributed by atoms with E-state index in [1.807, 2.05) is 82.3 Å². The average molecular weight is 711 g/mol. The molecule has 2 amide bonds. The van der Waals surface area contributed by atoms with Crippen LogP contribution in [-0.2, 0) is 32.6 Å². The van der Waals surface area contributed by atoms with Crippen molar-refractivity contribution >= 4 is 55.1 Å². The monoisotopic (exact) mass is 709 g/mol. The molecule has 0 fully saturated rings. The molecular weight excluding hydrogens is 674 g/mol. The van der Waals surface area contributed by atoms with E-state index in [1.54, 1.807) is 30.3 Å². The minimum absolute atomic E-state index is 0.0280. The molecule has 0 aliphatic carbocycles. The largest absolute Gasteiger partial charge is 0.350 e. The van der Waals surface area contributed by atoms with Crippen LogP contribution in [0.5, 0.6) is 0 Å². The van der Waals surface area contributed by atoms with Crippen molar-refractivity contribution in [1.82, 2.24) is 10.2 Å². The zero-order chi connectivity index (χ0) is 32.8. The lowest BCUT2D eigenvalue weighted by Crippen LogP contribution is -2.56. The standard InChI is InChI=1S/C35H37BrClN3O4S/c1-25-15-20-29(22-31(25)37)40(45(43,44)30-13-9-6-10-14-30)24-33(41)39(23-27-16-18-28(36)19-17-27)32(34(42)38-35(2,3)4)21-26-11-7-5-8-12-26/h5-20,22,32H,21,23-24H2,1-4H3,(H,38,42). The number of rotatable bonds is 11. The number of sulfonamides is 1. The third kappa shape index (κ3) is 9.19. The molecule has 1 N–H and O–H groups in total. The number of hydrogen-bond donors (Lipinski definition) is 1. The van der Waals surface area contributed by atoms with Crippen molar-refractivity contribution in [2.24, 2.45) is 0 Å². The molecule has 4 aromatic rings. The van der Waals surface area contributed by atoms with Gasteiger partial charge >= 0.3 is 0 Å². The lowest BCUT2D eigenvalue weighted by Gasteiger charge is -2.35. The van der Waals surface area contributed by atoms with Crippen molar-refractivity contribution in [3.63, 3.8) is 0 Å². The summed E-state index contributed by atoms with van der Waals surface area (Å²) in [6.07, 6.45) is 0.229. The van der Waals surface area contributed by atoms with E-state index in [1.165, 1.54) is 23.1 Å². The Labute approximate surface area is 279 Å². The Bertz CT molecular complexity index is 1730. The van der Waals surface area contributed by atoms with Gasteiger partial charge in [0.2, 0.25) is 11.8 Å². The van der Waals surface area contributed by atoms with E-state index >= 15 is 0 Å². The molecule has 0 saturated heterocycles. The lowest BCUT2D eigenvalue weighted by molar-refractivity contribution is -0.140. The van der Waals surface area contributed by atoms with Crippen molar-refractivity contribution in [2.45, 2.75) is 57.1 Å². The molecule has 0 bridgehead atoms. The van der Waals surface area contributed by atoms with E-state index in [9.17, 15) is 18.0 Å². The predicted molar refractivity (Wildman–Crippen MR) is 184 cm³/mol. The molecule has 10 heteroatoms. The molecule has 45 heavy (non-hydrogen) atoms. The van der Waals surface area contributed by atoms with Gasteiger partial charge in [-0.1, -0.05) is 94.3 Å². The summed E-state index contributed by atoms with van der Waals surface area (Å²) in [5.74, 6) is -0.883. The van der Waals surface area contributed by atoms with Crippen molar-refractivity contribution in [3.05, 3.63) is 129 Å². The van der Waals surface area contributed by atoms with Crippen molar-refractivity contribution < 1.29 is 18.0 Å². The fourth-order valence-corrected chi connectivity index (χ4v) is 6.64. The summed E-state index contributed by atoms with van der Waals surface area (Å²) in [4.78, 5) is 30.0. The van der Waals surface area contributed by atoms with E-state index in [2.05, 4.69) is 21.2 Å². The van der Waals surface area contributed by atoms with Gasteiger partial charge in [-0.25, -0.2) is 8.42 Å². The Morgan fingerprint density at radius 1 is 0.867 bits per heavy atom. The van der Waals surface area contributed by atoms with Crippen LogP contribution in [0.2, 0.25) is 5.02 Å². The molecule has 0 saturated carbocycles. The van der Waals surface area contributed by atoms with Crippen LogP contribution in [0.15, 0.2) is 112 Å². The number of nitrogens with one attached hydrogen (secondary N) is 1. The van der Waals surface area contributed by atoms with Gasteiger partial charge in [0.15, 0.2) is 0 Å². The average Bonchev–Trinajstić information content (AvgIpc) is 3.00. The maximum atomic E-state index is 14.5. The van der Waals surface area contributed by atoms with Crippen LogP contribution in [0.25, 0.3) is 0 Å². The van der Waals surface area contributed by atoms with Gasteiger partial charge in [0.05, 0.1) is 10.6 Å². The van der Waals surface area contributed by atoms with Crippen LogP contribution in [-0.4, -0.2) is 43.3 Å². The molecular formula is C35H37BrClN3O4S. The molecule has 1 unspecified atom stereocenters. The Morgan fingerprint density at radius 2 is 1.47 bits per heavy atom. The third-order valence-electron chi connectivity index (χ3n) is 7.09. The molecule has 0 heterocycles. The minimum atomic E-state index is -4.20. The number of carbonyl (C=O) groups excluding carboxylic acids is 2. The Kier molecular flexibility index (Phi) is 11.1. The summed E-state index contributed by atoms with van der Waals surface area (Å²) in [5.41, 5.74) is 2.08. The van der Waals surface area contributed by atoms with Crippen LogP contribution in [0.4, 0.5) is 5.69 Å². The van der Waals surface area contributed by atoms with Crippen molar-refractivity contribution in [2.75, 3.05) is 10.8 Å². The first kappa shape index (κ1) is 34.2. The predicted octanol–water partition coefficient (Wildman–Crippen LogP) is 7.16. The number of benzene rings is 4.